The number of carbonyl (C=O) groups is 2. The molecule has 148 valence electrons. The van der Waals surface area contributed by atoms with E-state index in [9.17, 15) is 18.8 Å². The average Bonchev–Trinajstić information content (AvgIpc) is 2.65. The second-order valence-corrected chi connectivity index (χ2v) is 7.65. The van der Waals surface area contributed by atoms with Gasteiger partial charge >= 0.3 is 0 Å². The number of nitrogens with zero attached hydrogens (tertiary/aromatic N) is 2. The highest BCUT2D eigenvalue weighted by atomic mass is 19.1. The Hall–Kier alpha value is -2.22. The molecule has 0 spiro atoms. The number of pyridine rings is 1. The molecule has 1 aromatic heterocycles. The van der Waals surface area contributed by atoms with Gasteiger partial charge < -0.3 is 15.2 Å². The molecule has 8 heteroatoms. The van der Waals surface area contributed by atoms with Gasteiger partial charge in [0.05, 0.1) is 6.54 Å². The first-order valence-electron chi connectivity index (χ1n) is 9.61. The summed E-state index contributed by atoms with van der Waals surface area (Å²) in [4.78, 5) is 42.2. The number of rotatable bonds is 4. The molecule has 0 bridgehead atoms. The molecule has 2 amide bonds. The van der Waals surface area contributed by atoms with Crippen molar-refractivity contribution in [1.82, 2.24) is 20.1 Å². The monoisotopic (exact) mass is 378 g/mol. The maximum Gasteiger partial charge on any atom is 0.260 e. The lowest BCUT2D eigenvalue weighted by Gasteiger charge is -2.34. The van der Waals surface area contributed by atoms with E-state index >= 15 is 0 Å². The van der Waals surface area contributed by atoms with Crippen LogP contribution in [0.3, 0.4) is 0 Å². The number of H-pyrrole nitrogens is 1. The lowest BCUT2D eigenvalue weighted by molar-refractivity contribution is -0.123. The van der Waals surface area contributed by atoms with E-state index in [1.165, 1.54) is 4.90 Å². The summed E-state index contributed by atoms with van der Waals surface area (Å²) in [5.74, 6) is -0.355. The molecule has 7 nitrogen and oxygen atoms in total. The van der Waals surface area contributed by atoms with E-state index in [4.69, 9.17) is 0 Å². The van der Waals surface area contributed by atoms with Gasteiger partial charge in [0.1, 0.15) is 11.4 Å². The highest BCUT2D eigenvalue weighted by Crippen LogP contribution is 2.23. The fourth-order valence-electron chi connectivity index (χ4n) is 3.78. The number of hydrogen-bond acceptors (Lipinski definition) is 4. The molecule has 0 radical (unpaired) electrons. The zero-order valence-electron chi connectivity index (χ0n) is 15.7. The first-order valence-corrected chi connectivity index (χ1v) is 9.61. The van der Waals surface area contributed by atoms with Crippen molar-refractivity contribution in [3.8, 4) is 0 Å². The molecule has 0 aromatic carbocycles. The number of piperazine rings is 1. The van der Waals surface area contributed by atoms with E-state index < -0.39 is 17.3 Å². The van der Waals surface area contributed by atoms with Crippen LogP contribution in [-0.2, 0) is 4.79 Å². The first-order chi connectivity index (χ1) is 12.9. The van der Waals surface area contributed by atoms with E-state index in [1.807, 2.05) is 4.90 Å². The summed E-state index contributed by atoms with van der Waals surface area (Å²) in [6.07, 6.45) is 5.33. The second-order valence-electron chi connectivity index (χ2n) is 7.65. The van der Waals surface area contributed by atoms with Crippen molar-refractivity contribution in [3.63, 3.8) is 0 Å². The lowest BCUT2D eigenvalue weighted by Crippen LogP contribution is -2.52. The van der Waals surface area contributed by atoms with Crippen LogP contribution in [0.1, 0.15) is 43.0 Å². The van der Waals surface area contributed by atoms with Crippen LogP contribution in [0.4, 0.5) is 4.39 Å². The fraction of sp³-hybridized carbons (Fsp3) is 0.632. The van der Waals surface area contributed by atoms with Crippen LogP contribution in [0, 0.1) is 11.7 Å². The van der Waals surface area contributed by atoms with Gasteiger partial charge in [0.2, 0.25) is 5.91 Å². The zero-order valence-corrected chi connectivity index (χ0v) is 15.7. The maximum absolute atomic E-state index is 13.3. The van der Waals surface area contributed by atoms with Crippen LogP contribution in [0.25, 0.3) is 0 Å². The molecule has 1 aliphatic carbocycles. The molecule has 3 rings (SSSR count). The molecule has 2 heterocycles. The second kappa shape index (κ2) is 8.65. The van der Waals surface area contributed by atoms with E-state index in [1.54, 1.807) is 0 Å². The van der Waals surface area contributed by atoms with Gasteiger partial charge in [0, 0.05) is 38.4 Å². The SMILES string of the molecule is CC1CCC(NC(=O)CN2CCN(C(=O)c3cc(F)c[nH]c3=O)CC2)CC1. The zero-order chi connectivity index (χ0) is 19.4. The summed E-state index contributed by atoms with van der Waals surface area (Å²) >= 11 is 0. The van der Waals surface area contributed by atoms with E-state index in [-0.39, 0.29) is 17.5 Å². The Kier molecular flexibility index (Phi) is 6.26. The van der Waals surface area contributed by atoms with Crippen molar-refractivity contribution in [2.45, 2.75) is 38.6 Å². The van der Waals surface area contributed by atoms with Crippen LogP contribution >= 0.6 is 0 Å². The van der Waals surface area contributed by atoms with Crippen LogP contribution < -0.4 is 10.9 Å². The molecule has 2 aliphatic rings. The van der Waals surface area contributed by atoms with Crippen molar-refractivity contribution >= 4 is 11.8 Å². The Morgan fingerprint density at radius 3 is 2.52 bits per heavy atom. The Labute approximate surface area is 157 Å². The van der Waals surface area contributed by atoms with Gasteiger partial charge in [-0.2, -0.15) is 0 Å². The van der Waals surface area contributed by atoms with Crippen LogP contribution in [0.2, 0.25) is 0 Å². The Balaban J connectivity index is 1.46. The predicted molar refractivity (Wildman–Crippen MR) is 98.9 cm³/mol. The number of aromatic amines is 1. The van der Waals surface area contributed by atoms with Gasteiger partial charge in [0.25, 0.3) is 11.5 Å². The third kappa shape index (κ3) is 5.15. The lowest BCUT2D eigenvalue weighted by atomic mass is 9.87. The maximum atomic E-state index is 13.3. The predicted octanol–water partition coefficient (Wildman–Crippen LogP) is 0.967. The number of halogens is 1. The van der Waals surface area contributed by atoms with Gasteiger partial charge in [-0.25, -0.2) is 4.39 Å². The van der Waals surface area contributed by atoms with Crippen LogP contribution in [0.15, 0.2) is 17.1 Å². The summed E-state index contributed by atoms with van der Waals surface area (Å²) < 4.78 is 13.3. The molecule has 2 N–H and O–H groups in total. The van der Waals surface area contributed by atoms with Gasteiger partial charge in [-0.15, -0.1) is 0 Å². The molecule has 0 atom stereocenters. The van der Waals surface area contributed by atoms with Crippen molar-refractivity contribution < 1.29 is 14.0 Å². The summed E-state index contributed by atoms with van der Waals surface area (Å²) in [5.41, 5.74) is -0.780. The van der Waals surface area contributed by atoms with E-state index in [2.05, 4.69) is 17.2 Å². The largest absolute Gasteiger partial charge is 0.352 e. The third-order valence-corrected chi connectivity index (χ3v) is 5.51. The molecule has 2 fully saturated rings. The average molecular weight is 378 g/mol. The van der Waals surface area contributed by atoms with Crippen LogP contribution in [0.5, 0.6) is 0 Å². The molecular weight excluding hydrogens is 351 g/mol. The number of carbonyl (C=O) groups excluding carboxylic acids is 2. The van der Waals surface area contributed by atoms with Gasteiger partial charge in [0.15, 0.2) is 0 Å². The van der Waals surface area contributed by atoms with Crippen molar-refractivity contribution in [2.75, 3.05) is 32.7 Å². The van der Waals surface area contributed by atoms with Crippen LogP contribution in [-0.4, -0.2) is 65.4 Å². The highest BCUT2D eigenvalue weighted by molar-refractivity contribution is 5.93. The molecule has 1 aromatic rings. The Morgan fingerprint density at radius 2 is 1.85 bits per heavy atom. The molecule has 27 heavy (non-hydrogen) atoms. The molecule has 1 saturated carbocycles. The third-order valence-electron chi connectivity index (χ3n) is 5.51. The Morgan fingerprint density at radius 1 is 1.19 bits per heavy atom. The number of hydrogen-bond donors (Lipinski definition) is 2. The smallest absolute Gasteiger partial charge is 0.260 e. The summed E-state index contributed by atoms with van der Waals surface area (Å²) in [7, 11) is 0. The summed E-state index contributed by atoms with van der Waals surface area (Å²) in [6, 6.07) is 1.24. The van der Waals surface area contributed by atoms with Crippen molar-refractivity contribution in [2.24, 2.45) is 5.92 Å². The van der Waals surface area contributed by atoms with Gasteiger partial charge in [-0.1, -0.05) is 6.92 Å². The molecular formula is C19H27FN4O3. The van der Waals surface area contributed by atoms with E-state index in [0.717, 1.165) is 43.9 Å². The topological polar surface area (TPSA) is 85.5 Å². The standard InChI is InChI=1S/C19H27FN4O3/c1-13-2-4-15(5-3-13)22-17(25)12-23-6-8-24(9-7-23)19(27)16-10-14(20)11-21-18(16)26/h10-11,13,15H,2-9,12H2,1H3,(H,21,26)(H,22,25). The molecule has 1 saturated heterocycles. The minimum atomic E-state index is -0.648. The number of aromatic nitrogens is 1. The molecule has 1 aliphatic heterocycles. The normalized spacial score (nSPS) is 23.9. The minimum Gasteiger partial charge on any atom is -0.352 e. The van der Waals surface area contributed by atoms with Crippen molar-refractivity contribution in [1.29, 1.82) is 0 Å². The first kappa shape index (κ1) is 19.5. The minimum absolute atomic E-state index is 0.0240. The molecule has 0 unspecified atom stereocenters. The fourth-order valence-corrected chi connectivity index (χ4v) is 3.78. The van der Waals surface area contributed by atoms with E-state index in [0.29, 0.717) is 32.7 Å². The highest BCUT2D eigenvalue weighted by Gasteiger charge is 2.26. The van der Waals surface area contributed by atoms with Crippen molar-refractivity contribution in [3.05, 3.63) is 34.0 Å². The summed E-state index contributed by atoms with van der Waals surface area (Å²) in [5, 5.41) is 3.11. The van der Waals surface area contributed by atoms with Gasteiger partial charge in [-0.05, 0) is 37.7 Å². The number of amides is 2. The number of nitrogens with one attached hydrogen (secondary N) is 2. The summed E-state index contributed by atoms with van der Waals surface area (Å²) in [6.45, 7) is 4.47. The quantitative estimate of drug-likeness (QED) is 0.818. The van der Waals surface area contributed by atoms with Gasteiger partial charge in [-0.3, -0.25) is 19.3 Å². The Bertz CT molecular complexity index is 735.